The van der Waals surface area contributed by atoms with Crippen LogP contribution in [0.15, 0.2) is 114 Å². The Labute approximate surface area is 223 Å². The van der Waals surface area contributed by atoms with Crippen molar-refractivity contribution >= 4 is 17.2 Å². The maximum absolute atomic E-state index is 13.8. The van der Waals surface area contributed by atoms with Gasteiger partial charge in [0.25, 0.3) is 0 Å². The Kier molecular flexibility index (Phi) is 6.57. The summed E-state index contributed by atoms with van der Waals surface area (Å²) in [6, 6.07) is 34.1. The Bertz CT molecular complexity index is 1480. The highest BCUT2D eigenvalue weighted by molar-refractivity contribution is 6.01. The van der Waals surface area contributed by atoms with Crippen LogP contribution in [0.2, 0.25) is 0 Å². The second-order valence-corrected chi connectivity index (χ2v) is 9.79. The largest absolute Gasteiger partial charge is 0.497 e. The number of Topliss-reactive ketones (excluding diaryl/α,β-unsaturated/α-hetero) is 1. The molecule has 1 aliphatic heterocycles. The predicted octanol–water partition coefficient (Wildman–Crippen LogP) is 7.25. The van der Waals surface area contributed by atoms with E-state index in [4.69, 9.17) is 9.47 Å². The smallest absolute Gasteiger partial charge is 0.163 e. The van der Waals surface area contributed by atoms with Crippen molar-refractivity contribution in [2.24, 2.45) is 0 Å². The quantitative estimate of drug-likeness (QED) is 0.291. The lowest BCUT2D eigenvalue weighted by Gasteiger charge is -2.30. The minimum atomic E-state index is -0.286. The van der Waals surface area contributed by atoms with Crippen molar-refractivity contribution < 1.29 is 14.3 Å². The molecule has 5 nitrogen and oxygen atoms in total. The van der Waals surface area contributed by atoms with Crippen LogP contribution in [-0.4, -0.2) is 12.9 Å². The molecule has 4 aromatic rings. The first-order valence-corrected chi connectivity index (χ1v) is 13.0. The number of benzene rings is 4. The molecule has 2 aliphatic rings. The average molecular weight is 503 g/mol. The van der Waals surface area contributed by atoms with Crippen molar-refractivity contribution in [1.29, 1.82) is 0 Å². The molecule has 2 N–H and O–H groups in total. The van der Waals surface area contributed by atoms with Crippen molar-refractivity contribution in [3.63, 3.8) is 0 Å². The number of rotatable bonds is 6. The number of hydrogen-bond donors (Lipinski definition) is 2. The molecule has 0 unspecified atom stereocenters. The van der Waals surface area contributed by atoms with Crippen LogP contribution in [0.25, 0.3) is 0 Å². The van der Waals surface area contributed by atoms with Crippen molar-refractivity contribution in [2.45, 2.75) is 31.4 Å². The molecule has 2 atom stereocenters. The summed E-state index contributed by atoms with van der Waals surface area (Å²) in [7, 11) is 1.66. The Balaban J connectivity index is 1.34. The van der Waals surface area contributed by atoms with Crippen LogP contribution >= 0.6 is 0 Å². The number of nitrogens with one attached hydrogen (secondary N) is 2. The van der Waals surface area contributed by atoms with E-state index < -0.39 is 0 Å². The minimum absolute atomic E-state index is 0.103. The van der Waals surface area contributed by atoms with Crippen LogP contribution in [0.5, 0.6) is 11.5 Å². The third-order valence-corrected chi connectivity index (χ3v) is 7.34. The van der Waals surface area contributed by atoms with E-state index >= 15 is 0 Å². The van der Waals surface area contributed by atoms with Gasteiger partial charge in [-0.15, -0.1) is 0 Å². The third kappa shape index (κ3) is 4.88. The van der Waals surface area contributed by atoms with Gasteiger partial charge in [-0.2, -0.15) is 0 Å². The summed E-state index contributed by atoms with van der Waals surface area (Å²) in [6.45, 7) is 0.489. The normalized spacial score (nSPS) is 18.4. The SMILES string of the molecule is COc1ccc([C@@H]2CC(=O)C3=C(C2)Nc2ccccc2N[C@@H]3c2cccc(OCc3ccccc3)c2)cc1. The number of carbonyl (C=O) groups is 1. The summed E-state index contributed by atoms with van der Waals surface area (Å²) in [5, 5.41) is 7.28. The molecule has 190 valence electrons. The first-order chi connectivity index (χ1) is 18.7. The summed E-state index contributed by atoms with van der Waals surface area (Å²) < 4.78 is 11.5. The summed E-state index contributed by atoms with van der Waals surface area (Å²) in [5.41, 5.74) is 6.97. The molecule has 0 fully saturated rings. The minimum Gasteiger partial charge on any atom is -0.497 e. The van der Waals surface area contributed by atoms with E-state index in [0.717, 1.165) is 57.3 Å². The zero-order chi connectivity index (χ0) is 25.9. The van der Waals surface area contributed by atoms with Gasteiger partial charge < -0.3 is 20.1 Å². The van der Waals surface area contributed by atoms with Gasteiger partial charge in [0.15, 0.2) is 5.78 Å². The first kappa shape index (κ1) is 23.9. The van der Waals surface area contributed by atoms with Gasteiger partial charge >= 0.3 is 0 Å². The molecule has 5 heteroatoms. The van der Waals surface area contributed by atoms with Crippen molar-refractivity contribution in [3.05, 3.63) is 131 Å². The molecule has 0 amide bonds. The highest BCUT2D eigenvalue weighted by Crippen LogP contribution is 2.44. The second-order valence-electron chi connectivity index (χ2n) is 9.79. The highest BCUT2D eigenvalue weighted by Gasteiger charge is 2.36. The lowest BCUT2D eigenvalue weighted by Crippen LogP contribution is -2.26. The molecule has 0 bridgehead atoms. The van der Waals surface area contributed by atoms with E-state index in [1.807, 2.05) is 60.7 Å². The number of ketones is 1. The topological polar surface area (TPSA) is 59.6 Å². The fraction of sp³-hybridized carbons (Fsp3) is 0.182. The molecule has 0 saturated heterocycles. The fourth-order valence-electron chi connectivity index (χ4n) is 5.38. The lowest BCUT2D eigenvalue weighted by atomic mass is 9.78. The Hall–Kier alpha value is -4.51. The number of fused-ring (bicyclic) bond motifs is 1. The maximum Gasteiger partial charge on any atom is 0.163 e. The van der Waals surface area contributed by atoms with Crippen LogP contribution in [0, 0.1) is 0 Å². The summed E-state index contributed by atoms with van der Waals surface area (Å²) in [5.74, 6) is 1.85. The number of anilines is 2. The van der Waals surface area contributed by atoms with E-state index in [0.29, 0.717) is 13.0 Å². The zero-order valence-corrected chi connectivity index (χ0v) is 21.3. The second kappa shape index (κ2) is 10.5. The van der Waals surface area contributed by atoms with Gasteiger partial charge in [0.1, 0.15) is 18.1 Å². The van der Waals surface area contributed by atoms with E-state index in [9.17, 15) is 4.79 Å². The third-order valence-electron chi connectivity index (χ3n) is 7.34. The number of ether oxygens (including phenoxy) is 2. The molecule has 38 heavy (non-hydrogen) atoms. The number of carbonyl (C=O) groups excluding carboxylic acids is 1. The van der Waals surface area contributed by atoms with Gasteiger partial charge in [-0.25, -0.2) is 0 Å². The van der Waals surface area contributed by atoms with E-state index in [-0.39, 0.29) is 17.7 Å². The van der Waals surface area contributed by atoms with Crippen LogP contribution in [0.4, 0.5) is 11.4 Å². The summed E-state index contributed by atoms with van der Waals surface area (Å²) in [4.78, 5) is 13.8. The van der Waals surface area contributed by atoms with Gasteiger partial charge in [0.2, 0.25) is 0 Å². The van der Waals surface area contributed by atoms with E-state index in [2.05, 4.69) is 53.1 Å². The van der Waals surface area contributed by atoms with Crippen LogP contribution in [0.3, 0.4) is 0 Å². The van der Waals surface area contributed by atoms with Gasteiger partial charge in [-0.1, -0.05) is 66.7 Å². The molecule has 6 rings (SSSR count). The Morgan fingerprint density at radius 1 is 0.763 bits per heavy atom. The lowest BCUT2D eigenvalue weighted by molar-refractivity contribution is -0.116. The summed E-state index contributed by atoms with van der Waals surface area (Å²) >= 11 is 0. The predicted molar refractivity (Wildman–Crippen MR) is 151 cm³/mol. The molecule has 4 aromatic carbocycles. The van der Waals surface area contributed by atoms with Gasteiger partial charge in [0, 0.05) is 17.7 Å². The Morgan fingerprint density at radius 2 is 1.53 bits per heavy atom. The van der Waals surface area contributed by atoms with Gasteiger partial charge in [-0.05, 0) is 65.4 Å². The zero-order valence-electron chi connectivity index (χ0n) is 21.3. The number of para-hydroxylation sites is 2. The summed E-state index contributed by atoms with van der Waals surface area (Å²) in [6.07, 6.45) is 1.22. The molecule has 1 aliphatic carbocycles. The molecule has 0 spiro atoms. The van der Waals surface area contributed by atoms with Crippen LogP contribution < -0.4 is 20.1 Å². The van der Waals surface area contributed by atoms with Crippen LogP contribution in [-0.2, 0) is 11.4 Å². The number of methoxy groups -OCH3 is 1. The molecule has 1 heterocycles. The fourth-order valence-corrected chi connectivity index (χ4v) is 5.38. The van der Waals surface area contributed by atoms with Gasteiger partial charge in [0.05, 0.1) is 24.5 Å². The monoisotopic (exact) mass is 502 g/mol. The molecule has 0 aromatic heterocycles. The highest BCUT2D eigenvalue weighted by atomic mass is 16.5. The molecule has 0 radical (unpaired) electrons. The van der Waals surface area contributed by atoms with E-state index in [1.165, 1.54) is 0 Å². The number of hydrogen-bond acceptors (Lipinski definition) is 5. The van der Waals surface area contributed by atoms with Crippen molar-refractivity contribution in [1.82, 2.24) is 0 Å². The van der Waals surface area contributed by atoms with Crippen molar-refractivity contribution in [3.8, 4) is 11.5 Å². The molecule has 0 saturated carbocycles. The standard InChI is InChI=1S/C33H30N2O3/c1-37-26-16-14-23(15-17-26)25-19-30-32(31(36)20-25)33(35-29-13-6-5-12-28(29)34-30)24-10-7-11-27(18-24)38-21-22-8-3-2-4-9-22/h2-18,25,33-35H,19-21H2,1H3/t25-,33+/m0/s1. The van der Waals surface area contributed by atoms with Crippen molar-refractivity contribution in [2.75, 3.05) is 17.7 Å². The average Bonchev–Trinajstić information content (AvgIpc) is 3.14. The Morgan fingerprint density at radius 3 is 2.32 bits per heavy atom. The van der Waals surface area contributed by atoms with Crippen LogP contribution in [0.1, 0.15) is 41.5 Å². The van der Waals surface area contributed by atoms with E-state index in [1.54, 1.807) is 7.11 Å². The maximum atomic E-state index is 13.8. The number of allylic oxidation sites excluding steroid dienone is 1. The molecular weight excluding hydrogens is 472 g/mol. The molecular formula is C33H30N2O3. The first-order valence-electron chi connectivity index (χ1n) is 13.0. The van der Waals surface area contributed by atoms with Gasteiger partial charge in [-0.3, -0.25) is 4.79 Å².